The van der Waals surface area contributed by atoms with Crippen molar-refractivity contribution in [3.05, 3.63) is 82.9 Å². The monoisotopic (exact) mass is 473 g/mol. The molecule has 5 nitrogen and oxygen atoms in total. The van der Waals surface area contributed by atoms with Gasteiger partial charge in [0.1, 0.15) is 10.8 Å². The average Bonchev–Trinajstić information content (AvgIpc) is 3.47. The van der Waals surface area contributed by atoms with Gasteiger partial charge in [0.2, 0.25) is 0 Å². The Morgan fingerprint density at radius 1 is 1.12 bits per heavy atom. The molecule has 0 spiro atoms. The fraction of sp³-hybridized carbons (Fsp3) is 0.286. The zero-order chi connectivity index (χ0) is 24.1. The van der Waals surface area contributed by atoms with E-state index in [0.29, 0.717) is 18.0 Å². The van der Waals surface area contributed by atoms with Gasteiger partial charge in [0.05, 0.1) is 24.1 Å². The number of aryl methyl sites for hydroxylation is 1. The molecule has 4 aromatic rings. The molecule has 2 aromatic carbocycles. The van der Waals surface area contributed by atoms with Crippen LogP contribution in [0.2, 0.25) is 0 Å². The van der Waals surface area contributed by atoms with Gasteiger partial charge in [-0.3, -0.25) is 4.79 Å². The molecule has 0 bridgehead atoms. The summed E-state index contributed by atoms with van der Waals surface area (Å²) in [7, 11) is 1.67. The predicted octanol–water partition coefficient (Wildman–Crippen LogP) is 6.22. The van der Waals surface area contributed by atoms with Crippen molar-refractivity contribution in [1.82, 2.24) is 14.9 Å². The number of methoxy groups -OCH3 is 1. The number of carbonyl (C=O) groups excluding carboxylic acids is 1. The Morgan fingerprint density at radius 3 is 2.53 bits per heavy atom. The minimum absolute atomic E-state index is 0.0332. The summed E-state index contributed by atoms with van der Waals surface area (Å²) in [6.45, 7) is 7.62. The van der Waals surface area contributed by atoms with Crippen LogP contribution >= 0.6 is 11.3 Å². The van der Waals surface area contributed by atoms with Gasteiger partial charge < -0.3 is 14.6 Å². The number of hydrogen-bond acceptors (Lipinski definition) is 4. The minimum atomic E-state index is -0.0332. The van der Waals surface area contributed by atoms with Gasteiger partial charge in [0, 0.05) is 29.7 Å². The van der Waals surface area contributed by atoms with Crippen molar-refractivity contribution < 1.29 is 9.53 Å². The lowest BCUT2D eigenvalue weighted by Gasteiger charge is -2.12. The van der Waals surface area contributed by atoms with Crippen molar-refractivity contribution in [2.45, 2.75) is 33.7 Å². The molecular formula is C28H31N3O2S. The van der Waals surface area contributed by atoms with E-state index in [1.165, 1.54) is 5.56 Å². The number of aromatic nitrogens is 2. The fourth-order valence-electron chi connectivity index (χ4n) is 3.91. The number of ether oxygens (including phenoxy) is 1. The maximum atomic E-state index is 13.0. The molecule has 0 atom stereocenters. The first-order valence-corrected chi connectivity index (χ1v) is 12.5. The molecule has 0 unspecified atom stereocenters. The normalized spacial score (nSPS) is 11.1. The summed E-state index contributed by atoms with van der Waals surface area (Å²) in [5.41, 5.74) is 5.85. The second kappa shape index (κ2) is 10.7. The molecule has 34 heavy (non-hydrogen) atoms. The Morgan fingerprint density at radius 2 is 1.85 bits per heavy atom. The number of benzene rings is 2. The summed E-state index contributed by atoms with van der Waals surface area (Å²) >= 11 is 1.62. The number of amides is 1. The van der Waals surface area contributed by atoms with E-state index in [2.05, 4.69) is 53.4 Å². The summed E-state index contributed by atoms with van der Waals surface area (Å²) in [5, 5.41) is 6.12. The standard InChI is InChI=1S/C28H31N3O2S/c1-19(2)17-29-27(32)24-16-26(25-18-34-28(30-25)22-8-6-5-7-9-22)31(20(24)3)15-14-21-10-12-23(33-4)13-11-21/h5-13,16,18-19H,14-15,17H2,1-4H3,(H,29,32). The number of nitrogens with zero attached hydrogens (tertiary/aromatic N) is 2. The fourth-order valence-corrected chi connectivity index (χ4v) is 4.73. The maximum Gasteiger partial charge on any atom is 0.253 e. The van der Waals surface area contributed by atoms with E-state index in [4.69, 9.17) is 9.72 Å². The quantitative estimate of drug-likeness (QED) is 0.314. The van der Waals surface area contributed by atoms with Gasteiger partial charge in [-0.05, 0) is 43.0 Å². The van der Waals surface area contributed by atoms with Crippen LogP contribution in [0.25, 0.3) is 22.0 Å². The van der Waals surface area contributed by atoms with Gasteiger partial charge in [-0.2, -0.15) is 0 Å². The van der Waals surface area contributed by atoms with Crippen molar-refractivity contribution in [2.24, 2.45) is 5.92 Å². The molecule has 6 heteroatoms. The molecule has 176 valence electrons. The Labute approximate surface area is 205 Å². The molecule has 4 rings (SSSR count). The predicted molar refractivity (Wildman–Crippen MR) is 140 cm³/mol. The molecule has 0 aliphatic carbocycles. The summed E-state index contributed by atoms with van der Waals surface area (Å²) in [5.74, 6) is 1.21. The third-order valence-electron chi connectivity index (χ3n) is 5.85. The van der Waals surface area contributed by atoms with Crippen LogP contribution in [-0.4, -0.2) is 29.1 Å². The van der Waals surface area contributed by atoms with Gasteiger partial charge in [-0.25, -0.2) is 4.98 Å². The summed E-state index contributed by atoms with van der Waals surface area (Å²) in [4.78, 5) is 17.9. The number of rotatable bonds is 9. The van der Waals surface area contributed by atoms with Crippen molar-refractivity contribution in [3.63, 3.8) is 0 Å². The molecule has 0 saturated heterocycles. The molecule has 0 fully saturated rings. The van der Waals surface area contributed by atoms with Gasteiger partial charge in [0.25, 0.3) is 5.91 Å². The largest absolute Gasteiger partial charge is 0.497 e. The van der Waals surface area contributed by atoms with Crippen LogP contribution in [0.15, 0.2) is 66.0 Å². The Balaban J connectivity index is 1.66. The van der Waals surface area contributed by atoms with Gasteiger partial charge in [-0.15, -0.1) is 11.3 Å². The van der Waals surface area contributed by atoms with E-state index in [0.717, 1.165) is 46.4 Å². The Kier molecular flexibility index (Phi) is 7.48. The van der Waals surface area contributed by atoms with Crippen LogP contribution in [0.5, 0.6) is 5.75 Å². The maximum absolute atomic E-state index is 13.0. The highest BCUT2D eigenvalue weighted by Crippen LogP contribution is 2.31. The van der Waals surface area contributed by atoms with E-state index in [9.17, 15) is 4.79 Å². The minimum Gasteiger partial charge on any atom is -0.497 e. The van der Waals surface area contributed by atoms with E-state index in [1.807, 2.05) is 43.3 Å². The third-order valence-corrected chi connectivity index (χ3v) is 6.74. The average molecular weight is 474 g/mol. The van der Waals surface area contributed by atoms with Crippen molar-refractivity contribution in [2.75, 3.05) is 13.7 Å². The molecule has 1 amide bonds. The molecule has 0 saturated carbocycles. The van der Waals surface area contributed by atoms with Crippen LogP contribution in [0, 0.1) is 12.8 Å². The van der Waals surface area contributed by atoms with Crippen LogP contribution in [-0.2, 0) is 13.0 Å². The summed E-state index contributed by atoms with van der Waals surface area (Å²) in [6.07, 6.45) is 0.843. The van der Waals surface area contributed by atoms with Gasteiger partial charge >= 0.3 is 0 Å². The SMILES string of the molecule is COc1ccc(CCn2c(-c3csc(-c4ccccc4)n3)cc(C(=O)NCC(C)C)c2C)cc1. The first kappa shape index (κ1) is 23.8. The topological polar surface area (TPSA) is 56.2 Å². The van der Waals surface area contributed by atoms with E-state index in [-0.39, 0.29) is 5.91 Å². The van der Waals surface area contributed by atoms with E-state index >= 15 is 0 Å². The first-order valence-electron chi connectivity index (χ1n) is 11.6. The number of carbonyl (C=O) groups is 1. The highest BCUT2D eigenvalue weighted by atomic mass is 32.1. The highest BCUT2D eigenvalue weighted by Gasteiger charge is 2.20. The smallest absolute Gasteiger partial charge is 0.253 e. The van der Waals surface area contributed by atoms with E-state index < -0.39 is 0 Å². The molecule has 0 radical (unpaired) electrons. The van der Waals surface area contributed by atoms with Gasteiger partial charge in [-0.1, -0.05) is 56.3 Å². The second-order valence-corrected chi connectivity index (χ2v) is 9.64. The summed E-state index contributed by atoms with van der Waals surface area (Å²) < 4.78 is 7.50. The first-order chi connectivity index (χ1) is 16.5. The molecule has 1 N–H and O–H groups in total. The van der Waals surface area contributed by atoms with Gasteiger partial charge in [0.15, 0.2) is 0 Å². The molecule has 2 aromatic heterocycles. The molecular weight excluding hydrogens is 442 g/mol. The van der Waals surface area contributed by atoms with Crippen LogP contribution in [0.3, 0.4) is 0 Å². The molecule has 0 aliphatic rings. The third kappa shape index (κ3) is 5.39. The van der Waals surface area contributed by atoms with Crippen molar-refractivity contribution >= 4 is 17.2 Å². The molecule has 0 aliphatic heterocycles. The number of thiazole rings is 1. The lowest BCUT2D eigenvalue weighted by atomic mass is 10.1. The zero-order valence-electron chi connectivity index (χ0n) is 20.2. The lowest BCUT2D eigenvalue weighted by Crippen LogP contribution is -2.27. The zero-order valence-corrected chi connectivity index (χ0v) is 21.0. The lowest BCUT2D eigenvalue weighted by molar-refractivity contribution is 0.0948. The number of hydrogen-bond donors (Lipinski definition) is 1. The van der Waals surface area contributed by atoms with E-state index in [1.54, 1.807) is 18.4 Å². The Bertz CT molecular complexity index is 1240. The van der Waals surface area contributed by atoms with Crippen molar-refractivity contribution in [3.8, 4) is 27.7 Å². The Hall–Kier alpha value is -3.38. The van der Waals surface area contributed by atoms with Crippen molar-refractivity contribution in [1.29, 1.82) is 0 Å². The summed E-state index contributed by atoms with van der Waals surface area (Å²) in [6, 6.07) is 20.3. The van der Waals surface area contributed by atoms with Crippen LogP contribution < -0.4 is 10.1 Å². The molecule has 2 heterocycles. The van der Waals surface area contributed by atoms with Crippen LogP contribution in [0.1, 0.15) is 35.5 Å². The number of nitrogens with one attached hydrogen (secondary N) is 1. The second-order valence-electron chi connectivity index (χ2n) is 8.79. The van der Waals surface area contributed by atoms with Crippen LogP contribution in [0.4, 0.5) is 0 Å². The highest BCUT2D eigenvalue weighted by molar-refractivity contribution is 7.13.